The van der Waals surface area contributed by atoms with Crippen LogP contribution in [0.4, 0.5) is 0 Å². The minimum Gasteiger partial charge on any atom is -0.306 e. The van der Waals surface area contributed by atoms with Crippen molar-refractivity contribution in [3.8, 4) is 11.8 Å². The quantitative estimate of drug-likeness (QED) is 0.838. The first-order chi connectivity index (χ1) is 9.28. The highest BCUT2D eigenvalue weighted by atomic mass is 16.1. The molecule has 0 fully saturated rings. The van der Waals surface area contributed by atoms with Gasteiger partial charge in [-0.25, -0.2) is 4.98 Å². The van der Waals surface area contributed by atoms with Gasteiger partial charge in [0.05, 0.1) is 18.8 Å². The fraction of sp³-hybridized carbons (Fsp3) is 0.133. The zero-order valence-corrected chi connectivity index (χ0v) is 10.2. The van der Waals surface area contributed by atoms with E-state index in [4.69, 9.17) is 5.26 Å². The topological polar surface area (TPSA) is 58.7 Å². The summed E-state index contributed by atoms with van der Waals surface area (Å²) in [5, 5.41) is 8.57. The van der Waals surface area contributed by atoms with Crippen molar-refractivity contribution in [2.75, 3.05) is 0 Å². The van der Waals surface area contributed by atoms with Crippen molar-refractivity contribution in [3.63, 3.8) is 0 Å². The Morgan fingerprint density at radius 3 is 3.11 bits per heavy atom. The van der Waals surface area contributed by atoms with Crippen molar-refractivity contribution >= 4 is 11.9 Å². The van der Waals surface area contributed by atoms with Gasteiger partial charge in [-0.2, -0.15) is 5.26 Å². The summed E-state index contributed by atoms with van der Waals surface area (Å²) in [4.78, 5) is 15.7. The van der Waals surface area contributed by atoms with Gasteiger partial charge < -0.3 is 4.57 Å². The minimum atomic E-state index is -0.0807. The third-order valence-electron chi connectivity index (χ3n) is 3.24. The number of aromatic nitrogens is 2. The number of benzene rings is 1. The molecule has 0 unspecified atom stereocenters. The largest absolute Gasteiger partial charge is 0.306 e. The Bertz CT molecular complexity index is 705. The summed E-state index contributed by atoms with van der Waals surface area (Å²) >= 11 is 0. The van der Waals surface area contributed by atoms with Crippen LogP contribution < -0.4 is 0 Å². The van der Waals surface area contributed by atoms with Crippen LogP contribution in [0.15, 0.2) is 42.5 Å². The number of rotatable bonds is 3. The molecule has 0 saturated heterocycles. The molecule has 0 atom stereocenters. The first kappa shape index (κ1) is 11.4. The van der Waals surface area contributed by atoms with E-state index in [2.05, 4.69) is 4.98 Å². The molecule has 0 saturated carbocycles. The first-order valence-corrected chi connectivity index (χ1v) is 6.00. The Hall–Kier alpha value is -2.67. The zero-order chi connectivity index (χ0) is 13.2. The lowest BCUT2D eigenvalue weighted by Crippen LogP contribution is -2.00. The van der Waals surface area contributed by atoms with Crippen molar-refractivity contribution in [2.45, 2.75) is 12.8 Å². The minimum absolute atomic E-state index is 0.0474. The SMILES string of the molecule is N#CCC(=O)C1=Cc2cc(-n3ccnc3)ccc2C1. The number of ketones is 1. The Morgan fingerprint density at radius 1 is 1.47 bits per heavy atom. The number of nitrogens with zero attached hydrogens (tertiary/aromatic N) is 3. The summed E-state index contributed by atoms with van der Waals surface area (Å²) in [7, 11) is 0. The van der Waals surface area contributed by atoms with Gasteiger partial charge in [0.1, 0.15) is 0 Å². The number of fused-ring (bicyclic) bond motifs is 1. The first-order valence-electron chi connectivity index (χ1n) is 6.00. The van der Waals surface area contributed by atoms with E-state index in [0.717, 1.165) is 22.4 Å². The average Bonchev–Trinajstić information content (AvgIpc) is 3.07. The fourth-order valence-corrected chi connectivity index (χ4v) is 2.26. The molecule has 0 spiro atoms. The van der Waals surface area contributed by atoms with Crippen molar-refractivity contribution in [1.29, 1.82) is 5.26 Å². The summed E-state index contributed by atoms with van der Waals surface area (Å²) in [5.41, 5.74) is 3.92. The number of hydrogen-bond donors (Lipinski definition) is 0. The normalized spacial score (nSPS) is 12.7. The van der Waals surface area contributed by atoms with Crippen molar-refractivity contribution in [1.82, 2.24) is 9.55 Å². The molecule has 4 heteroatoms. The number of imidazole rings is 1. The summed E-state index contributed by atoms with van der Waals surface area (Å²) in [6.07, 6.45) is 7.80. The molecule has 0 bridgehead atoms. The van der Waals surface area contributed by atoms with E-state index in [1.165, 1.54) is 0 Å². The summed E-state index contributed by atoms with van der Waals surface area (Å²) in [5.74, 6) is -0.0807. The number of Topliss-reactive ketones (excluding diaryl/α,β-unsaturated/α-hetero) is 1. The standard InChI is InChI=1S/C15H11N3O/c16-4-3-15(19)13-7-11-1-2-14(9-12(11)8-13)18-6-5-17-10-18/h1-2,5-6,8-10H,3,7H2. The van der Waals surface area contributed by atoms with Gasteiger partial charge in [0.2, 0.25) is 0 Å². The Labute approximate surface area is 110 Å². The Balaban J connectivity index is 1.94. The molecule has 19 heavy (non-hydrogen) atoms. The van der Waals surface area contributed by atoms with Crippen LogP contribution in [0.2, 0.25) is 0 Å². The van der Waals surface area contributed by atoms with Crippen LogP contribution in [0.3, 0.4) is 0 Å². The van der Waals surface area contributed by atoms with Crippen LogP contribution in [0.25, 0.3) is 11.8 Å². The Kier molecular flexibility index (Phi) is 2.73. The third kappa shape index (κ3) is 2.06. The summed E-state index contributed by atoms with van der Waals surface area (Å²) < 4.78 is 1.92. The summed E-state index contributed by atoms with van der Waals surface area (Å²) in [6.45, 7) is 0. The molecule has 1 aliphatic rings. The number of hydrogen-bond acceptors (Lipinski definition) is 3. The van der Waals surface area contributed by atoms with Crippen LogP contribution in [-0.4, -0.2) is 15.3 Å². The van der Waals surface area contributed by atoms with E-state index in [9.17, 15) is 4.79 Å². The molecule has 1 heterocycles. The number of allylic oxidation sites excluding steroid dienone is 1. The van der Waals surface area contributed by atoms with Gasteiger partial charge in [-0.05, 0) is 29.3 Å². The number of carbonyl (C=O) groups is 1. The maximum atomic E-state index is 11.7. The molecular weight excluding hydrogens is 238 g/mol. The van der Waals surface area contributed by atoms with Crippen LogP contribution in [-0.2, 0) is 11.2 Å². The molecular formula is C15H11N3O. The van der Waals surface area contributed by atoms with Crippen molar-refractivity contribution in [3.05, 3.63) is 53.6 Å². The lowest BCUT2D eigenvalue weighted by Gasteiger charge is -2.04. The maximum Gasteiger partial charge on any atom is 0.173 e. The molecule has 4 nitrogen and oxygen atoms in total. The number of carbonyl (C=O) groups excluding carboxylic acids is 1. The predicted octanol–water partition coefficient (Wildman–Crippen LogP) is 2.29. The van der Waals surface area contributed by atoms with E-state index in [1.807, 2.05) is 41.1 Å². The van der Waals surface area contributed by atoms with Gasteiger partial charge in [0.25, 0.3) is 0 Å². The molecule has 92 valence electrons. The fourth-order valence-electron chi connectivity index (χ4n) is 2.26. The smallest absolute Gasteiger partial charge is 0.173 e. The average molecular weight is 249 g/mol. The van der Waals surface area contributed by atoms with E-state index >= 15 is 0 Å². The zero-order valence-electron chi connectivity index (χ0n) is 10.2. The van der Waals surface area contributed by atoms with Crippen LogP contribution in [0.5, 0.6) is 0 Å². The van der Waals surface area contributed by atoms with Crippen LogP contribution in [0.1, 0.15) is 17.5 Å². The highest BCUT2D eigenvalue weighted by Crippen LogP contribution is 2.28. The molecule has 2 aromatic rings. The number of nitriles is 1. The maximum absolute atomic E-state index is 11.7. The van der Waals surface area contributed by atoms with E-state index in [0.29, 0.717) is 6.42 Å². The second-order valence-electron chi connectivity index (χ2n) is 4.46. The second kappa shape index (κ2) is 4.54. The molecule has 0 radical (unpaired) electrons. The molecule has 3 rings (SSSR count). The molecule has 1 aromatic heterocycles. The van der Waals surface area contributed by atoms with Crippen LogP contribution in [0, 0.1) is 11.3 Å². The van der Waals surface area contributed by atoms with Gasteiger partial charge >= 0.3 is 0 Å². The lowest BCUT2D eigenvalue weighted by molar-refractivity contribution is -0.114. The van der Waals surface area contributed by atoms with Gasteiger partial charge in [0, 0.05) is 30.1 Å². The van der Waals surface area contributed by atoms with Gasteiger partial charge in [0.15, 0.2) is 5.78 Å². The highest BCUT2D eigenvalue weighted by molar-refractivity contribution is 6.02. The Morgan fingerprint density at radius 2 is 2.37 bits per heavy atom. The summed E-state index contributed by atoms with van der Waals surface area (Å²) in [6, 6.07) is 7.96. The van der Waals surface area contributed by atoms with Crippen molar-refractivity contribution < 1.29 is 4.79 Å². The highest BCUT2D eigenvalue weighted by Gasteiger charge is 2.18. The van der Waals surface area contributed by atoms with Gasteiger partial charge in [-0.1, -0.05) is 6.07 Å². The van der Waals surface area contributed by atoms with E-state index < -0.39 is 0 Å². The lowest BCUT2D eigenvalue weighted by atomic mass is 10.1. The monoisotopic (exact) mass is 249 g/mol. The molecule has 1 aromatic carbocycles. The van der Waals surface area contributed by atoms with Gasteiger partial charge in [-0.15, -0.1) is 0 Å². The molecule has 0 amide bonds. The van der Waals surface area contributed by atoms with Crippen molar-refractivity contribution in [2.24, 2.45) is 0 Å². The van der Waals surface area contributed by atoms with Gasteiger partial charge in [-0.3, -0.25) is 4.79 Å². The predicted molar refractivity (Wildman–Crippen MR) is 70.5 cm³/mol. The molecule has 1 aliphatic carbocycles. The van der Waals surface area contributed by atoms with E-state index in [-0.39, 0.29) is 12.2 Å². The van der Waals surface area contributed by atoms with Crippen LogP contribution >= 0.6 is 0 Å². The van der Waals surface area contributed by atoms with E-state index in [1.54, 1.807) is 12.5 Å². The molecule has 0 N–H and O–H groups in total. The molecule has 0 aliphatic heterocycles. The third-order valence-corrected chi connectivity index (χ3v) is 3.24. The second-order valence-corrected chi connectivity index (χ2v) is 4.46.